The van der Waals surface area contributed by atoms with Gasteiger partial charge in [0.1, 0.15) is 11.5 Å². The molecule has 2 aromatic heterocycles. The fourth-order valence-corrected chi connectivity index (χ4v) is 5.22. The van der Waals surface area contributed by atoms with E-state index >= 15 is 0 Å². The minimum absolute atomic E-state index is 0.00270. The Kier molecular flexibility index (Phi) is 7.23. The van der Waals surface area contributed by atoms with E-state index in [4.69, 9.17) is 10.1 Å². The first-order valence-electron chi connectivity index (χ1n) is 11.5. The number of halogens is 1. The molecule has 0 aliphatic heterocycles. The van der Waals surface area contributed by atoms with Crippen LogP contribution in [0.5, 0.6) is 0 Å². The number of hydrogen-bond acceptors (Lipinski definition) is 6. The van der Waals surface area contributed by atoms with Gasteiger partial charge in [-0.1, -0.05) is 13.3 Å². The van der Waals surface area contributed by atoms with Crippen molar-refractivity contribution in [2.75, 3.05) is 18.1 Å². The summed E-state index contributed by atoms with van der Waals surface area (Å²) in [6.45, 7) is 3.63. The Morgan fingerprint density at radius 2 is 1.88 bits per heavy atom. The van der Waals surface area contributed by atoms with Crippen molar-refractivity contribution in [2.45, 2.75) is 58.0 Å². The van der Waals surface area contributed by atoms with Gasteiger partial charge in [0.2, 0.25) is 16.0 Å². The Labute approximate surface area is 194 Å². The van der Waals surface area contributed by atoms with E-state index < -0.39 is 10.0 Å². The standard InChI is InChI=1S/C23H31FN6O2S/c1-3-4-13-25-23-26-14-20-21(17-7-9-18(24)10-8-17)28-30(22(20)27-23)15-16-5-11-19(12-6-16)29-33(2,31)32/h7-10,14,16,19,29H,3-6,11-13,15H2,1-2H3,(H,25,26,27). The first kappa shape index (κ1) is 23.6. The van der Waals surface area contributed by atoms with Crippen LogP contribution in [-0.2, 0) is 16.6 Å². The van der Waals surface area contributed by atoms with E-state index in [2.05, 4.69) is 21.9 Å². The molecule has 0 saturated heterocycles. The molecule has 1 fully saturated rings. The summed E-state index contributed by atoms with van der Waals surface area (Å²) in [5, 5.41) is 8.96. The molecular weight excluding hydrogens is 443 g/mol. The molecule has 2 heterocycles. The van der Waals surface area contributed by atoms with Gasteiger partial charge in [-0.05, 0) is 62.3 Å². The van der Waals surface area contributed by atoms with Crippen molar-refractivity contribution in [1.29, 1.82) is 0 Å². The summed E-state index contributed by atoms with van der Waals surface area (Å²) in [6.07, 6.45) is 8.54. The van der Waals surface area contributed by atoms with Crippen molar-refractivity contribution in [2.24, 2.45) is 5.92 Å². The predicted molar refractivity (Wildman–Crippen MR) is 128 cm³/mol. The molecule has 0 atom stereocenters. The second-order valence-electron chi connectivity index (χ2n) is 8.86. The van der Waals surface area contributed by atoms with Gasteiger partial charge >= 0.3 is 0 Å². The minimum Gasteiger partial charge on any atom is -0.354 e. The number of aromatic nitrogens is 4. The van der Waals surface area contributed by atoms with E-state index in [1.165, 1.54) is 18.4 Å². The highest BCUT2D eigenvalue weighted by Crippen LogP contribution is 2.31. The maximum Gasteiger partial charge on any atom is 0.224 e. The van der Waals surface area contributed by atoms with E-state index in [0.717, 1.165) is 67.4 Å². The molecule has 10 heteroatoms. The first-order chi connectivity index (χ1) is 15.8. The fraction of sp³-hybridized carbons (Fsp3) is 0.522. The van der Waals surface area contributed by atoms with Crippen LogP contribution in [0.15, 0.2) is 30.5 Å². The maximum absolute atomic E-state index is 13.5. The van der Waals surface area contributed by atoms with E-state index in [1.54, 1.807) is 18.3 Å². The SMILES string of the molecule is CCCCNc1ncc2c(-c3ccc(F)cc3)nn(CC3CCC(NS(C)(=O)=O)CC3)c2n1. The van der Waals surface area contributed by atoms with Crippen LogP contribution in [0, 0.1) is 11.7 Å². The second kappa shape index (κ2) is 10.1. The van der Waals surface area contributed by atoms with Crippen molar-refractivity contribution >= 4 is 27.0 Å². The van der Waals surface area contributed by atoms with E-state index in [-0.39, 0.29) is 11.9 Å². The van der Waals surface area contributed by atoms with Gasteiger partial charge in [0, 0.05) is 30.9 Å². The highest BCUT2D eigenvalue weighted by Gasteiger charge is 2.25. The lowest BCUT2D eigenvalue weighted by molar-refractivity contribution is 0.279. The van der Waals surface area contributed by atoms with Crippen molar-refractivity contribution in [1.82, 2.24) is 24.5 Å². The monoisotopic (exact) mass is 474 g/mol. The zero-order valence-electron chi connectivity index (χ0n) is 19.1. The highest BCUT2D eigenvalue weighted by molar-refractivity contribution is 7.88. The highest BCUT2D eigenvalue weighted by atomic mass is 32.2. The number of rotatable bonds is 9. The molecule has 2 N–H and O–H groups in total. The topological polar surface area (TPSA) is 102 Å². The van der Waals surface area contributed by atoms with Gasteiger partial charge in [0.05, 0.1) is 11.6 Å². The third kappa shape index (κ3) is 6.05. The maximum atomic E-state index is 13.5. The smallest absolute Gasteiger partial charge is 0.224 e. The number of benzene rings is 1. The molecular formula is C23H31FN6O2S. The molecule has 0 radical (unpaired) electrons. The summed E-state index contributed by atoms with van der Waals surface area (Å²) >= 11 is 0. The van der Waals surface area contributed by atoms with E-state index in [9.17, 15) is 12.8 Å². The average molecular weight is 475 g/mol. The molecule has 4 rings (SSSR count). The van der Waals surface area contributed by atoms with Crippen molar-refractivity contribution in [3.05, 3.63) is 36.3 Å². The minimum atomic E-state index is -3.19. The molecule has 0 amide bonds. The van der Waals surface area contributed by atoms with Crippen molar-refractivity contribution in [3.8, 4) is 11.3 Å². The van der Waals surface area contributed by atoms with Crippen LogP contribution in [0.1, 0.15) is 45.4 Å². The number of anilines is 1. The third-order valence-corrected chi connectivity index (χ3v) is 6.84. The summed E-state index contributed by atoms with van der Waals surface area (Å²) < 4.78 is 41.2. The number of unbranched alkanes of at least 4 members (excludes halogenated alkanes) is 1. The quantitative estimate of drug-likeness (QED) is 0.455. The molecule has 33 heavy (non-hydrogen) atoms. The summed E-state index contributed by atoms with van der Waals surface area (Å²) in [5.74, 6) is 0.655. The summed E-state index contributed by atoms with van der Waals surface area (Å²) in [5.41, 5.74) is 2.30. The Balaban J connectivity index is 1.59. The normalized spacial score (nSPS) is 19.1. The summed E-state index contributed by atoms with van der Waals surface area (Å²) in [4.78, 5) is 9.22. The van der Waals surface area contributed by atoms with Crippen molar-refractivity contribution < 1.29 is 12.8 Å². The lowest BCUT2D eigenvalue weighted by atomic mass is 9.86. The van der Waals surface area contributed by atoms with Crippen LogP contribution < -0.4 is 10.0 Å². The summed E-state index contributed by atoms with van der Waals surface area (Å²) in [6, 6.07) is 6.29. The number of nitrogens with zero attached hydrogens (tertiary/aromatic N) is 4. The number of hydrogen-bond donors (Lipinski definition) is 2. The fourth-order valence-electron chi connectivity index (χ4n) is 4.38. The molecule has 1 aliphatic carbocycles. The van der Waals surface area contributed by atoms with Crippen LogP contribution in [0.3, 0.4) is 0 Å². The molecule has 178 valence electrons. The Morgan fingerprint density at radius 1 is 1.15 bits per heavy atom. The number of fused-ring (bicyclic) bond motifs is 1. The summed E-state index contributed by atoms with van der Waals surface area (Å²) in [7, 11) is -3.19. The van der Waals surface area contributed by atoms with E-state index in [1.807, 2.05) is 4.68 Å². The Hall–Kier alpha value is -2.59. The second-order valence-corrected chi connectivity index (χ2v) is 10.6. The van der Waals surface area contributed by atoms with Crippen LogP contribution >= 0.6 is 0 Å². The zero-order valence-corrected chi connectivity index (χ0v) is 19.9. The zero-order chi connectivity index (χ0) is 23.4. The molecule has 0 unspecified atom stereocenters. The largest absolute Gasteiger partial charge is 0.354 e. The molecule has 0 bridgehead atoms. The molecule has 8 nitrogen and oxygen atoms in total. The van der Waals surface area contributed by atoms with Gasteiger partial charge in [-0.25, -0.2) is 27.2 Å². The van der Waals surface area contributed by atoms with Gasteiger partial charge in [0.15, 0.2) is 5.65 Å². The lowest BCUT2D eigenvalue weighted by Gasteiger charge is -2.28. The third-order valence-electron chi connectivity index (χ3n) is 6.08. The number of sulfonamides is 1. The van der Waals surface area contributed by atoms with Gasteiger partial charge < -0.3 is 5.32 Å². The van der Waals surface area contributed by atoms with Crippen molar-refractivity contribution in [3.63, 3.8) is 0 Å². The van der Waals surface area contributed by atoms with Gasteiger partial charge in [-0.3, -0.25) is 0 Å². The average Bonchev–Trinajstić information content (AvgIpc) is 3.12. The van der Waals surface area contributed by atoms with E-state index in [0.29, 0.717) is 18.4 Å². The first-order valence-corrected chi connectivity index (χ1v) is 13.4. The van der Waals surface area contributed by atoms with Crippen LogP contribution in [0.4, 0.5) is 10.3 Å². The molecule has 0 spiro atoms. The van der Waals surface area contributed by atoms with Crippen LogP contribution in [-0.4, -0.2) is 47.0 Å². The van der Waals surface area contributed by atoms with Crippen LogP contribution in [0.25, 0.3) is 22.3 Å². The molecule has 1 saturated carbocycles. The lowest BCUT2D eigenvalue weighted by Crippen LogP contribution is -2.37. The Morgan fingerprint density at radius 3 is 2.55 bits per heavy atom. The molecule has 3 aromatic rings. The molecule has 1 aliphatic rings. The predicted octanol–water partition coefficient (Wildman–Crippen LogP) is 3.95. The van der Waals surface area contributed by atoms with Gasteiger partial charge in [-0.15, -0.1) is 0 Å². The number of nitrogens with one attached hydrogen (secondary N) is 2. The van der Waals surface area contributed by atoms with Gasteiger partial charge in [-0.2, -0.15) is 10.1 Å². The van der Waals surface area contributed by atoms with Crippen LogP contribution in [0.2, 0.25) is 0 Å². The Bertz CT molecular complexity index is 1190. The van der Waals surface area contributed by atoms with Gasteiger partial charge in [0.25, 0.3) is 0 Å². The molecule has 1 aromatic carbocycles.